The molecule has 2 aliphatic rings. The minimum atomic E-state index is -6.25. The molecular weight excluding hydrogens is 550 g/mol. The van der Waals surface area contributed by atoms with Crippen LogP contribution in [-0.4, -0.2) is 49.1 Å². The highest BCUT2D eigenvalue weighted by Gasteiger charge is 2.67. The van der Waals surface area contributed by atoms with Crippen LogP contribution >= 0.6 is 11.6 Å². The Kier molecular flexibility index (Phi) is 7.45. The molecule has 38 heavy (non-hydrogen) atoms. The molecule has 2 aliphatic heterocycles. The van der Waals surface area contributed by atoms with Crippen molar-refractivity contribution in [3.63, 3.8) is 0 Å². The number of nitrogens with one attached hydrogen (secondary N) is 1. The molecule has 0 radical (unpaired) electrons. The van der Waals surface area contributed by atoms with Gasteiger partial charge in [-0.05, 0) is 47.9 Å². The van der Waals surface area contributed by atoms with Gasteiger partial charge in [0.1, 0.15) is 6.04 Å². The zero-order valence-corrected chi connectivity index (χ0v) is 19.8. The molecule has 4 rings (SSSR count). The highest BCUT2D eigenvalue weighted by atomic mass is 35.5. The number of esters is 1. The predicted octanol–water partition coefficient (Wildman–Crippen LogP) is 6.31. The number of carbonyl (C=O) groups excluding carboxylic acids is 1. The molecule has 0 aromatic heterocycles. The van der Waals surface area contributed by atoms with Gasteiger partial charge in [-0.2, -0.15) is 40.2 Å². The number of alkyl halides is 8. The van der Waals surface area contributed by atoms with Crippen molar-refractivity contribution in [1.82, 2.24) is 5.32 Å². The van der Waals surface area contributed by atoms with Gasteiger partial charge in [0.2, 0.25) is 0 Å². The fourth-order valence-corrected chi connectivity index (χ4v) is 4.39. The third-order valence-corrected chi connectivity index (χ3v) is 6.26. The summed E-state index contributed by atoms with van der Waals surface area (Å²) in [5.41, 5.74) is -0.956. The van der Waals surface area contributed by atoms with Crippen LogP contribution in [0.3, 0.4) is 0 Å². The van der Waals surface area contributed by atoms with Crippen molar-refractivity contribution in [1.29, 1.82) is 0 Å². The summed E-state index contributed by atoms with van der Waals surface area (Å²) in [6, 6.07) is 9.33. The predicted molar refractivity (Wildman–Crippen MR) is 123 cm³/mol. The van der Waals surface area contributed by atoms with Gasteiger partial charge < -0.3 is 10.1 Å². The Morgan fingerprint density at radius 3 is 2.34 bits per heavy atom. The van der Waals surface area contributed by atoms with Crippen molar-refractivity contribution >= 4 is 34.5 Å². The Hall–Kier alpha value is -3.19. The van der Waals surface area contributed by atoms with E-state index in [1.54, 1.807) is 6.07 Å². The van der Waals surface area contributed by atoms with Gasteiger partial charge in [-0.25, -0.2) is 4.79 Å². The molecule has 2 aromatic rings. The Morgan fingerprint density at radius 2 is 1.74 bits per heavy atom. The third kappa shape index (κ3) is 5.35. The quantitative estimate of drug-likeness (QED) is 0.340. The monoisotopic (exact) mass is 567 g/mol. The second-order valence-electron chi connectivity index (χ2n) is 8.43. The number of hydrogen-bond acceptors (Lipinski definition) is 5. The van der Waals surface area contributed by atoms with E-state index < -0.39 is 42.1 Å². The number of halogens is 9. The van der Waals surface area contributed by atoms with E-state index in [2.05, 4.69) is 15.2 Å². The number of benzene rings is 2. The zero-order valence-electron chi connectivity index (χ0n) is 19.1. The minimum absolute atomic E-state index is 0.0291. The molecule has 204 valence electrons. The average Bonchev–Trinajstić information content (AvgIpc) is 3.23. The standard InChI is InChI=1S/C24H18ClF8N3O2/c25-16-6-1-2-7-17(16)36-18(15-5-3-4-14(12-15)13-8-10-34-11-9-13)19(38-21(37)23(28,29)30)20(35-36)22(26,27)24(31,32)33/h1-8,12,18-19,34H,9-11H2. The van der Waals surface area contributed by atoms with Crippen LogP contribution < -0.4 is 10.3 Å². The second-order valence-corrected chi connectivity index (χ2v) is 8.84. The molecule has 5 nitrogen and oxygen atoms in total. The molecule has 0 bridgehead atoms. The maximum absolute atomic E-state index is 14.7. The van der Waals surface area contributed by atoms with E-state index in [-0.39, 0.29) is 16.3 Å². The summed E-state index contributed by atoms with van der Waals surface area (Å²) in [4.78, 5) is 11.8. The smallest absolute Gasteiger partial charge is 0.447 e. The van der Waals surface area contributed by atoms with Crippen molar-refractivity contribution in [2.45, 2.75) is 36.8 Å². The summed E-state index contributed by atoms with van der Waals surface area (Å²) < 4.78 is 113. The van der Waals surface area contributed by atoms with E-state index in [0.717, 1.165) is 5.57 Å². The van der Waals surface area contributed by atoms with Crippen molar-refractivity contribution < 1.29 is 44.7 Å². The van der Waals surface area contributed by atoms with Crippen LogP contribution in [0.1, 0.15) is 23.6 Å². The molecule has 0 spiro atoms. The fourth-order valence-electron chi connectivity index (χ4n) is 4.17. The van der Waals surface area contributed by atoms with Crippen LogP contribution in [0.5, 0.6) is 0 Å². The lowest BCUT2D eigenvalue weighted by Gasteiger charge is -2.30. The summed E-state index contributed by atoms with van der Waals surface area (Å²) in [5, 5.41) is 6.98. The lowest BCUT2D eigenvalue weighted by atomic mass is 9.91. The van der Waals surface area contributed by atoms with Gasteiger partial charge in [0.15, 0.2) is 11.8 Å². The number of ether oxygens (including phenoxy) is 1. The minimum Gasteiger partial charge on any atom is -0.447 e. The SMILES string of the molecule is O=C(OC1C(C(F)(F)C(F)(F)F)=NN(c2ccccc2Cl)C1c1cccc(C2=CCNCC2)c1)C(F)(F)F. The Balaban J connectivity index is 1.92. The highest BCUT2D eigenvalue weighted by molar-refractivity contribution is 6.33. The summed E-state index contributed by atoms with van der Waals surface area (Å²) >= 11 is 6.16. The molecule has 14 heteroatoms. The molecule has 2 heterocycles. The Labute approximate surface area is 215 Å². The fraction of sp³-hybridized carbons (Fsp3) is 0.333. The molecule has 1 N–H and O–H groups in total. The largest absolute Gasteiger partial charge is 0.490 e. The van der Waals surface area contributed by atoms with E-state index in [0.29, 0.717) is 30.1 Å². The normalized spacial score (nSPS) is 20.7. The van der Waals surface area contributed by atoms with E-state index in [1.165, 1.54) is 42.5 Å². The Morgan fingerprint density at radius 1 is 1.03 bits per heavy atom. The molecular formula is C24H18ClF8N3O2. The van der Waals surface area contributed by atoms with Gasteiger partial charge in [-0.1, -0.05) is 48.0 Å². The van der Waals surface area contributed by atoms with Crippen LogP contribution in [0.2, 0.25) is 5.02 Å². The van der Waals surface area contributed by atoms with Crippen molar-refractivity contribution in [3.05, 3.63) is 70.8 Å². The number of hydrogen-bond donors (Lipinski definition) is 1. The summed E-state index contributed by atoms with van der Waals surface area (Å²) in [6.07, 6.45) is -12.3. The first-order valence-corrected chi connectivity index (χ1v) is 11.4. The van der Waals surface area contributed by atoms with E-state index >= 15 is 0 Å². The van der Waals surface area contributed by atoms with Crippen LogP contribution in [0.25, 0.3) is 5.57 Å². The maximum atomic E-state index is 14.7. The Bertz CT molecular complexity index is 1280. The van der Waals surface area contributed by atoms with Gasteiger partial charge in [0.25, 0.3) is 0 Å². The first kappa shape index (κ1) is 27.8. The first-order valence-electron chi connectivity index (χ1n) is 11.1. The molecule has 2 aromatic carbocycles. The number of anilines is 1. The van der Waals surface area contributed by atoms with Crippen LogP contribution in [0, 0.1) is 0 Å². The van der Waals surface area contributed by atoms with Gasteiger partial charge in [0, 0.05) is 6.54 Å². The maximum Gasteiger partial charge on any atom is 0.490 e. The number of carbonyl (C=O) groups is 1. The second kappa shape index (κ2) is 10.2. The van der Waals surface area contributed by atoms with Gasteiger partial charge in [0.05, 0.1) is 10.7 Å². The zero-order chi connectivity index (χ0) is 27.9. The summed E-state index contributed by atoms with van der Waals surface area (Å²) in [5.74, 6) is -8.69. The molecule has 0 saturated carbocycles. The molecule has 0 aliphatic carbocycles. The third-order valence-electron chi connectivity index (χ3n) is 5.94. The topological polar surface area (TPSA) is 53.9 Å². The van der Waals surface area contributed by atoms with Crippen LogP contribution in [0.4, 0.5) is 40.8 Å². The van der Waals surface area contributed by atoms with E-state index in [4.69, 9.17) is 11.6 Å². The average molecular weight is 568 g/mol. The van der Waals surface area contributed by atoms with Gasteiger partial charge in [-0.3, -0.25) is 5.01 Å². The molecule has 2 atom stereocenters. The van der Waals surface area contributed by atoms with Gasteiger partial charge in [-0.15, -0.1) is 0 Å². The van der Waals surface area contributed by atoms with Crippen molar-refractivity contribution in [3.8, 4) is 0 Å². The number of hydrazone groups is 1. The number of nitrogens with zero attached hydrogens (tertiary/aromatic N) is 2. The van der Waals surface area contributed by atoms with Crippen LogP contribution in [0.15, 0.2) is 59.7 Å². The van der Waals surface area contributed by atoms with E-state index in [9.17, 15) is 39.9 Å². The molecule has 2 unspecified atom stereocenters. The number of rotatable bonds is 5. The first-order chi connectivity index (χ1) is 17.7. The lowest BCUT2D eigenvalue weighted by Crippen LogP contribution is -2.50. The molecule has 0 fully saturated rings. The summed E-state index contributed by atoms with van der Waals surface area (Å²) in [6.45, 7) is 1.13. The summed E-state index contributed by atoms with van der Waals surface area (Å²) in [7, 11) is 0. The molecule has 0 amide bonds. The molecule has 0 saturated heterocycles. The van der Waals surface area contributed by atoms with Crippen LogP contribution in [-0.2, 0) is 9.53 Å². The lowest BCUT2D eigenvalue weighted by molar-refractivity contribution is -0.251. The van der Waals surface area contributed by atoms with Gasteiger partial charge >= 0.3 is 24.2 Å². The van der Waals surface area contributed by atoms with E-state index in [1.807, 2.05) is 6.08 Å². The highest BCUT2D eigenvalue weighted by Crippen LogP contribution is 2.47. The number of para-hydroxylation sites is 1. The van der Waals surface area contributed by atoms with Crippen molar-refractivity contribution in [2.75, 3.05) is 18.1 Å². The van der Waals surface area contributed by atoms with Crippen molar-refractivity contribution in [2.24, 2.45) is 5.10 Å².